The number of unbranched alkanes of at least 4 members (excludes halogenated alkanes) is 3. The first-order chi connectivity index (χ1) is 4.41. The third kappa shape index (κ3) is 11.5. The summed E-state index contributed by atoms with van der Waals surface area (Å²) in [5, 5.41) is 0. The normalized spacial score (nSPS) is 9.00. The zero-order valence-electron chi connectivity index (χ0n) is 7.15. The SMILES string of the molecule is CCCCCCOCC.[Ti+4]. The van der Waals surface area contributed by atoms with Crippen molar-refractivity contribution in [3.05, 3.63) is 0 Å². The minimum atomic E-state index is 0. The first-order valence-electron chi connectivity index (χ1n) is 3.99. The minimum Gasteiger partial charge on any atom is -0.382 e. The van der Waals surface area contributed by atoms with E-state index in [1.54, 1.807) is 0 Å². The Morgan fingerprint density at radius 1 is 1.00 bits per heavy atom. The molecule has 0 radical (unpaired) electrons. The van der Waals surface area contributed by atoms with Gasteiger partial charge < -0.3 is 4.74 Å². The zero-order valence-corrected chi connectivity index (χ0v) is 8.71. The fraction of sp³-hybridized carbons (Fsp3) is 1.00. The molecule has 0 bridgehead atoms. The van der Waals surface area contributed by atoms with E-state index < -0.39 is 0 Å². The third-order valence-electron chi connectivity index (χ3n) is 1.35. The van der Waals surface area contributed by atoms with Crippen molar-refractivity contribution < 1.29 is 26.5 Å². The van der Waals surface area contributed by atoms with Gasteiger partial charge in [-0.05, 0) is 13.3 Å². The van der Waals surface area contributed by atoms with E-state index in [0.29, 0.717) is 0 Å². The maximum absolute atomic E-state index is 5.18. The topological polar surface area (TPSA) is 9.23 Å². The van der Waals surface area contributed by atoms with Crippen LogP contribution in [0.1, 0.15) is 39.5 Å². The molecule has 0 aliphatic heterocycles. The van der Waals surface area contributed by atoms with E-state index in [0.717, 1.165) is 13.2 Å². The van der Waals surface area contributed by atoms with E-state index in [2.05, 4.69) is 6.92 Å². The fourth-order valence-electron chi connectivity index (χ4n) is 0.775. The Balaban J connectivity index is 0. The molecule has 0 unspecified atom stereocenters. The summed E-state index contributed by atoms with van der Waals surface area (Å²) < 4.78 is 5.18. The number of hydrogen-bond acceptors (Lipinski definition) is 1. The smallest absolute Gasteiger partial charge is 0.382 e. The van der Waals surface area contributed by atoms with Crippen molar-refractivity contribution in [2.45, 2.75) is 39.5 Å². The molecule has 1 nitrogen and oxygen atoms in total. The van der Waals surface area contributed by atoms with E-state index in [9.17, 15) is 0 Å². The Labute approximate surface area is 79.4 Å². The van der Waals surface area contributed by atoms with Gasteiger partial charge in [0, 0.05) is 13.2 Å². The molecule has 0 aliphatic carbocycles. The van der Waals surface area contributed by atoms with Gasteiger partial charge in [-0.1, -0.05) is 26.2 Å². The molecule has 0 atom stereocenters. The molecule has 0 aromatic carbocycles. The van der Waals surface area contributed by atoms with Gasteiger partial charge in [0.15, 0.2) is 0 Å². The van der Waals surface area contributed by atoms with Crippen molar-refractivity contribution in [2.75, 3.05) is 13.2 Å². The second-order valence-electron chi connectivity index (χ2n) is 2.26. The van der Waals surface area contributed by atoms with Gasteiger partial charge in [0.05, 0.1) is 0 Å². The molecule has 0 heterocycles. The summed E-state index contributed by atoms with van der Waals surface area (Å²) in [5.74, 6) is 0. The van der Waals surface area contributed by atoms with E-state index in [1.807, 2.05) is 6.92 Å². The first kappa shape index (κ1) is 13.3. The van der Waals surface area contributed by atoms with Crippen LogP contribution in [0.4, 0.5) is 0 Å². The van der Waals surface area contributed by atoms with Crippen LogP contribution in [0.15, 0.2) is 0 Å². The molecule has 2 heteroatoms. The van der Waals surface area contributed by atoms with Crippen LogP contribution in [0.3, 0.4) is 0 Å². The molecule has 0 aromatic heterocycles. The Morgan fingerprint density at radius 2 is 1.70 bits per heavy atom. The maximum Gasteiger partial charge on any atom is 4.00 e. The molecule has 0 aliphatic rings. The first-order valence-corrected chi connectivity index (χ1v) is 3.99. The summed E-state index contributed by atoms with van der Waals surface area (Å²) in [5.41, 5.74) is 0. The van der Waals surface area contributed by atoms with Gasteiger partial charge >= 0.3 is 21.7 Å². The summed E-state index contributed by atoms with van der Waals surface area (Å²) in [7, 11) is 0. The molecule has 0 N–H and O–H groups in total. The largest absolute Gasteiger partial charge is 4.00 e. The van der Waals surface area contributed by atoms with Gasteiger partial charge in [0.25, 0.3) is 0 Å². The summed E-state index contributed by atoms with van der Waals surface area (Å²) in [6.07, 6.45) is 5.23. The van der Waals surface area contributed by atoms with Crippen molar-refractivity contribution in [1.29, 1.82) is 0 Å². The zero-order chi connectivity index (χ0) is 6.95. The molecule has 56 valence electrons. The Morgan fingerprint density at radius 3 is 2.20 bits per heavy atom. The van der Waals surface area contributed by atoms with Crippen LogP contribution < -0.4 is 0 Å². The average Bonchev–Trinajstić information content (AvgIpc) is 1.89. The summed E-state index contributed by atoms with van der Waals surface area (Å²) in [6.45, 7) is 6.09. The van der Waals surface area contributed by atoms with E-state index in [-0.39, 0.29) is 21.7 Å². The van der Waals surface area contributed by atoms with Crippen molar-refractivity contribution in [2.24, 2.45) is 0 Å². The summed E-state index contributed by atoms with van der Waals surface area (Å²) in [6, 6.07) is 0. The Bertz CT molecular complexity index is 42.5. The van der Waals surface area contributed by atoms with Crippen LogP contribution in [0, 0.1) is 0 Å². The molecule has 0 aromatic rings. The fourth-order valence-corrected chi connectivity index (χ4v) is 0.775. The van der Waals surface area contributed by atoms with E-state index in [1.165, 1.54) is 25.7 Å². The molecule has 0 spiro atoms. The van der Waals surface area contributed by atoms with Gasteiger partial charge in [0.1, 0.15) is 0 Å². The predicted octanol–water partition coefficient (Wildman–Crippen LogP) is 2.60. The Kier molecular flexibility index (Phi) is 16.4. The van der Waals surface area contributed by atoms with Crippen LogP contribution >= 0.6 is 0 Å². The molecule has 0 rings (SSSR count). The standard InChI is InChI=1S/C8H18O.Ti/c1-3-5-6-7-8-9-4-2;/h3-8H2,1-2H3;/q;+4. The van der Waals surface area contributed by atoms with Crippen LogP contribution in [0.25, 0.3) is 0 Å². The Hall–Kier alpha value is 0.674. The molecule has 0 saturated heterocycles. The molecule has 0 amide bonds. The van der Waals surface area contributed by atoms with Gasteiger partial charge in [-0.25, -0.2) is 0 Å². The third-order valence-corrected chi connectivity index (χ3v) is 1.35. The molecular weight excluding hydrogens is 160 g/mol. The summed E-state index contributed by atoms with van der Waals surface area (Å²) >= 11 is 0. The summed E-state index contributed by atoms with van der Waals surface area (Å²) in [4.78, 5) is 0. The molecule has 10 heavy (non-hydrogen) atoms. The van der Waals surface area contributed by atoms with Crippen LogP contribution in [0.2, 0.25) is 0 Å². The van der Waals surface area contributed by atoms with Crippen LogP contribution in [0.5, 0.6) is 0 Å². The van der Waals surface area contributed by atoms with Gasteiger partial charge in [0.2, 0.25) is 0 Å². The second-order valence-corrected chi connectivity index (χ2v) is 2.26. The van der Waals surface area contributed by atoms with Crippen molar-refractivity contribution in [3.63, 3.8) is 0 Å². The van der Waals surface area contributed by atoms with Crippen LogP contribution in [-0.4, -0.2) is 13.2 Å². The number of ether oxygens (including phenoxy) is 1. The van der Waals surface area contributed by atoms with Crippen LogP contribution in [-0.2, 0) is 26.5 Å². The van der Waals surface area contributed by atoms with Crippen molar-refractivity contribution in [3.8, 4) is 0 Å². The molecule has 0 saturated carbocycles. The number of rotatable bonds is 6. The van der Waals surface area contributed by atoms with Gasteiger partial charge in [-0.15, -0.1) is 0 Å². The van der Waals surface area contributed by atoms with Gasteiger partial charge in [-0.2, -0.15) is 0 Å². The average molecular weight is 178 g/mol. The quantitative estimate of drug-likeness (QED) is 0.448. The molecular formula is C8H18OTi+4. The van der Waals surface area contributed by atoms with E-state index in [4.69, 9.17) is 4.74 Å². The number of hydrogen-bond donors (Lipinski definition) is 0. The maximum atomic E-state index is 5.18. The van der Waals surface area contributed by atoms with Gasteiger partial charge in [-0.3, -0.25) is 0 Å². The van der Waals surface area contributed by atoms with E-state index >= 15 is 0 Å². The minimum absolute atomic E-state index is 0. The van der Waals surface area contributed by atoms with Crippen molar-refractivity contribution >= 4 is 0 Å². The monoisotopic (exact) mass is 178 g/mol. The second kappa shape index (κ2) is 12.4. The predicted molar refractivity (Wildman–Crippen MR) is 40.6 cm³/mol. The molecule has 0 fully saturated rings. The van der Waals surface area contributed by atoms with Crippen molar-refractivity contribution in [1.82, 2.24) is 0 Å².